The van der Waals surface area contributed by atoms with Crippen molar-refractivity contribution in [3.8, 4) is 11.5 Å². The molecule has 3 rings (SSSR count). The number of ether oxygens (including phenoxy) is 2. The molecule has 0 aliphatic carbocycles. The predicted molar refractivity (Wildman–Crippen MR) is 126 cm³/mol. The van der Waals surface area contributed by atoms with Crippen LogP contribution in [0.4, 0.5) is 5.69 Å². The smallest absolute Gasteiger partial charge is 0.232 e. The summed E-state index contributed by atoms with van der Waals surface area (Å²) in [5.74, 6) is 1.47. The van der Waals surface area contributed by atoms with Crippen LogP contribution in [-0.2, 0) is 14.8 Å². The lowest BCUT2D eigenvalue weighted by molar-refractivity contribution is -0.122. The Morgan fingerprint density at radius 3 is 2.41 bits per heavy atom. The maximum Gasteiger partial charge on any atom is 0.232 e. The van der Waals surface area contributed by atoms with Crippen LogP contribution < -0.4 is 19.1 Å². The average Bonchev–Trinajstić information content (AvgIpc) is 2.75. The zero-order chi connectivity index (χ0) is 23.1. The normalized spacial score (nSPS) is 14.1. The largest absolute Gasteiger partial charge is 0.486 e. The number of hydrogen-bond acceptors (Lipinski definition) is 5. The standard InChI is InChI=1S/C24H32N2O5S/c1-18(2)16-21(19-8-5-4-6-9-19)25-24(27)10-7-13-26(32(3,28)29)20-11-12-22-23(17-20)31-15-14-30-22/h4-6,8-9,11-12,17-18,21H,7,10,13-16H2,1-3H3,(H,25,27). The fourth-order valence-electron chi connectivity index (χ4n) is 3.76. The van der Waals surface area contributed by atoms with Gasteiger partial charge in [-0.1, -0.05) is 44.2 Å². The third-order valence-electron chi connectivity index (χ3n) is 5.22. The van der Waals surface area contributed by atoms with Crippen LogP contribution in [0.25, 0.3) is 0 Å². The van der Waals surface area contributed by atoms with Crippen LogP contribution in [0.1, 0.15) is 44.7 Å². The van der Waals surface area contributed by atoms with E-state index in [0.717, 1.165) is 18.2 Å². The number of rotatable bonds is 10. The molecule has 1 heterocycles. The number of nitrogens with one attached hydrogen (secondary N) is 1. The summed E-state index contributed by atoms with van der Waals surface area (Å²) >= 11 is 0. The highest BCUT2D eigenvalue weighted by Gasteiger charge is 2.22. The maximum absolute atomic E-state index is 12.7. The molecule has 1 atom stereocenters. The Labute approximate surface area is 190 Å². The van der Waals surface area contributed by atoms with Crippen molar-refractivity contribution in [3.05, 3.63) is 54.1 Å². The number of fused-ring (bicyclic) bond motifs is 1. The highest BCUT2D eigenvalue weighted by atomic mass is 32.2. The first-order valence-electron chi connectivity index (χ1n) is 11.0. The molecule has 0 radical (unpaired) electrons. The molecule has 1 aliphatic heterocycles. The quantitative estimate of drug-likeness (QED) is 0.581. The number of carbonyl (C=O) groups is 1. The van der Waals surface area contributed by atoms with Crippen LogP contribution >= 0.6 is 0 Å². The third-order valence-corrected chi connectivity index (χ3v) is 6.42. The summed E-state index contributed by atoms with van der Waals surface area (Å²) in [5.41, 5.74) is 1.57. The summed E-state index contributed by atoms with van der Waals surface area (Å²) in [6.45, 7) is 5.34. The molecule has 0 saturated carbocycles. The van der Waals surface area contributed by atoms with Gasteiger partial charge in [-0.2, -0.15) is 0 Å². The molecule has 0 bridgehead atoms. The second kappa shape index (κ2) is 10.7. The average molecular weight is 461 g/mol. The van der Waals surface area contributed by atoms with Crippen molar-refractivity contribution in [2.24, 2.45) is 5.92 Å². The SMILES string of the molecule is CC(C)CC(NC(=O)CCCN(c1ccc2c(c1)OCCO2)S(C)(=O)=O)c1ccccc1. The summed E-state index contributed by atoms with van der Waals surface area (Å²) < 4.78 is 37.2. The third kappa shape index (κ3) is 6.63. The molecular weight excluding hydrogens is 428 g/mol. The summed E-state index contributed by atoms with van der Waals surface area (Å²) in [7, 11) is -3.52. The first-order chi connectivity index (χ1) is 15.2. The molecule has 1 unspecified atom stereocenters. The Morgan fingerprint density at radius 2 is 1.75 bits per heavy atom. The van der Waals surface area contributed by atoms with Crippen molar-refractivity contribution in [1.29, 1.82) is 0 Å². The van der Waals surface area contributed by atoms with E-state index in [1.807, 2.05) is 30.3 Å². The predicted octanol–water partition coefficient (Wildman–Crippen LogP) is 3.91. The number of nitrogens with zero attached hydrogens (tertiary/aromatic N) is 1. The number of sulfonamides is 1. The van der Waals surface area contributed by atoms with Crippen molar-refractivity contribution in [1.82, 2.24) is 5.32 Å². The van der Waals surface area contributed by atoms with Gasteiger partial charge >= 0.3 is 0 Å². The maximum atomic E-state index is 12.7. The van der Waals surface area contributed by atoms with Gasteiger partial charge in [-0.3, -0.25) is 9.10 Å². The van der Waals surface area contributed by atoms with Crippen LogP contribution in [-0.4, -0.2) is 40.3 Å². The van der Waals surface area contributed by atoms with Crippen LogP contribution in [0.5, 0.6) is 11.5 Å². The topological polar surface area (TPSA) is 84.9 Å². The molecule has 0 fully saturated rings. The van der Waals surface area contributed by atoms with E-state index >= 15 is 0 Å². The Balaban J connectivity index is 1.62. The minimum atomic E-state index is -3.52. The molecule has 174 valence electrons. The first-order valence-corrected chi connectivity index (χ1v) is 12.8. The van der Waals surface area contributed by atoms with E-state index in [2.05, 4.69) is 19.2 Å². The summed E-state index contributed by atoms with van der Waals surface area (Å²) in [6.07, 6.45) is 2.63. The van der Waals surface area contributed by atoms with Gasteiger partial charge in [-0.05, 0) is 36.5 Å². The zero-order valence-electron chi connectivity index (χ0n) is 18.9. The van der Waals surface area contributed by atoms with E-state index in [9.17, 15) is 13.2 Å². The van der Waals surface area contributed by atoms with Crippen LogP contribution in [0.2, 0.25) is 0 Å². The Morgan fingerprint density at radius 1 is 1.06 bits per heavy atom. The van der Waals surface area contributed by atoms with Crippen molar-refractivity contribution in [2.45, 2.75) is 39.2 Å². The lowest BCUT2D eigenvalue weighted by Crippen LogP contribution is -2.33. The molecule has 0 spiro atoms. The van der Waals surface area contributed by atoms with Crippen molar-refractivity contribution in [2.75, 3.05) is 30.3 Å². The van der Waals surface area contributed by atoms with E-state index < -0.39 is 10.0 Å². The minimum Gasteiger partial charge on any atom is -0.486 e. The first kappa shape index (κ1) is 23.9. The number of anilines is 1. The molecule has 2 aromatic carbocycles. The van der Waals surface area contributed by atoms with Crippen molar-refractivity contribution < 1.29 is 22.7 Å². The van der Waals surface area contributed by atoms with E-state index in [1.165, 1.54) is 4.31 Å². The number of carbonyl (C=O) groups excluding carboxylic acids is 1. The highest BCUT2D eigenvalue weighted by Crippen LogP contribution is 2.34. The van der Waals surface area contributed by atoms with Gasteiger partial charge in [0.25, 0.3) is 0 Å². The van der Waals surface area contributed by atoms with E-state index in [4.69, 9.17) is 9.47 Å². The van der Waals surface area contributed by atoms with Gasteiger partial charge in [0, 0.05) is 19.0 Å². The highest BCUT2D eigenvalue weighted by molar-refractivity contribution is 7.92. The fraction of sp³-hybridized carbons (Fsp3) is 0.458. The summed E-state index contributed by atoms with van der Waals surface area (Å²) in [4.78, 5) is 12.7. The second-order valence-electron chi connectivity index (χ2n) is 8.43. The van der Waals surface area contributed by atoms with Gasteiger partial charge in [-0.25, -0.2) is 8.42 Å². The molecular formula is C24H32N2O5S. The van der Waals surface area contributed by atoms with Crippen LogP contribution in [0, 0.1) is 5.92 Å². The van der Waals surface area contributed by atoms with Crippen LogP contribution in [0.15, 0.2) is 48.5 Å². The number of benzene rings is 2. The molecule has 0 aromatic heterocycles. The summed E-state index contributed by atoms with van der Waals surface area (Å²) in [5, 5.41) is 3.11. The van der Waals surface area contributed by atoms with Gasteiger partial charge < -0.3 is 14.8 Å². The van der Waals surface area contributed by atoms with Crippen molar-refractivity contribution in [3.63, 3.8) is 0 Å². The van der Waals surface area contributed by atoms with E-state index in [0.29, 0.717) is 42.7 Å². The van der Waals surface area contributed by atoms with Gasteiger partial charge in [0.15, 0.2) is 11.5 Å². The fourth-order valence-corrected chi connectivity index (χ4v) is 4.72. The Hall–Kier alpha value is -2.74. The zero-order valence-corrected chi connectivity index (χ0v) is 19.7. The Kier molecular flexibility index (Phi) is 8.01. The molecule has 32 heavy (non-hydrogen) atoms. The molecule has 1 aliphatic rings. The molecule has 0 saturated heterocycles. The number of amides is 1. The molecule has 2 aromatic rings. The molecule has 8 heteroatoms. The number of hydrogen-bond donors (Lipinski definition) is 1. The van der Waals surface area contributed by atoms with Crippen LogP contribution in [0.3, 0.4) is 0 Å². The second-order valence-corrected chi connectivity index (χ2v) is 10.3. The Bertz CT molecular complexity index is 1010. The van der Waals surface area contributed by atoms with Gasteiger partial charge in [0.05, 0.1) is 18.0 Å². The lowest BCUT2D eigenvalue weighted by atomic mass is 9.97. The van der Waals surface area contributed by atoms with E-state index in [1.54, 1.807) is 18.2 Å². The van der Waals surface area contributed by atoms with E-state index in [-0.39, 0.29) is 24.9 Å². The molecule has 1 amide bonds. The van der Waals surface area contributed by atoms with Gasteiger partial charge in [0.1, 0.15) is 13.2 Å². The van der Waals surface area contributed by atoms with Gasteiger partial charge in [0.2, 0.25) is 15.9 Å². The lowest BCUT2D eigenvalue weighted by Gasteiger charge is -2.25. The van der Waals surface area contributed by atoms with Crippen molar-refractivity contribution >= 4 is 21.6 Å². The summed E-state index contributed by atoms with van der Waals surface area (Å²) in [6, 6.07) is 14.9. The molecule has 1 N–H and O–H groups in total. The monoisotopic (exact) mass is 460 g/mol. The molecule has 7 nitrogen and oxygen atoms in total. The van der Waals surface area contributed by atoms with Gasteiger partial charge in [-0.15, -0.1) is 0 Å². The minimum absolute atomic E-state index is 0.0625.